The van der Waals surface area contributed by atoms with Crippen molar-refractivity contribution in [2.45, 2.75) is 103 Å². The predicted molar refractivity (Wildman–Crippen MR) is 238 cm³/mol. The lowest BCUT2D eigenvalue weighted by Crippen LogP contribution is -2.44. The van der Waals surface area contributed by atoms with E-state index in [2.05, 4.69) is 124 Å². The van der Waals surface area contributed by atoms with E-state index in [1.807, 2.05) is 34.7 Å². The molecule has 6 N–H and O–H groups in total. The second kappa shape index (κ2) is 26.4. The Morgan fingerprint density at radius 1 is 0.746 bits per heavy atom. The van der Waals surface area contributed by atoms with Crippen LogP contribution < -0.4 is 26.6 Å². The van der Waals surface area contributed by atoms with E-state index >= 15 is 0 Å². The molecule has 1 aliphatic rings. The fourth-order valence-corrected chi connectivity index (χ4v) is 5.91. The number of alkyl carbamates (subject to hydrolysis) is 1. The Morgan fingerprint density at radius 3 is 1.59 bits per heavy atom. The number of ether oxygens (including phenoxy) is 1. The number of carbonyl (C=O) groups is 4. The van der Waals surface area contributed by atoms with Crippen LogP contribution in [0.2, 0.25) is 0 Å². The summed E-state index contributed by atoms with van der Waals surface area (Å²) in [6, 6.07) is 38.5. The SMILES string of the molecule is CC(C=C1CCC1)NC(=O)OC(C)(C)C.CNC(c1ccccc1)(c1ccccc1)c1ccccc1.CN[C@@H](C)C(=O)NC(C)CC=O.O=CNc1ccc(CO)cc1. The number of anilines is 1. The summed E-state index contributed by atoms with van der Waals surface area (Å²) in [5, 5.41) is 23.0. The van der Waals surface area contributed by atoms with Crippen LogP contribution >= 0.6 is 0 Å². The molecule has 0 heterocycles. The summed E-state index contributed by atoms with van der Waals surface area (Å²) >= 11 is 0. The molecule has 0 aromatic heterocycles. The molecule has 0 spiro atoms. The van der Waals surface area contributed by atoms with Gasteiger partial charge < -0.3 is 41.2 Å². The third-order valence-corrected chi connectivity index (χ3v) is 9.25. The lowest BCUT2D eigenvalue weighted by molar-refractivity contribution is -0.123. The average molecular weight is 808 g/mol. The Kier molecular flexibility index (Phi) is 22.2. The van der Waals surface area contributed by atoms with Gasteiger partial charge in [-0.15, -0.1) is 0 Å². The molecule has 59 heavy (non-hydrogen) atoms. The Balaban J connectivity index is 0.000000282. The van der Waals surface area contributed by atoms with E-state index in [4.69, 9.17) is 9.84 Å². The fraction of sp³-hybridized carbons (Fsp3) is 0.375. The number of hydrogen-bond donors (Lipinski definition) is 6. The second-order valence-corrected chi connectivity index (χ2v) is 15.2. The van der Waals surface area contributed by atoms with Gasteiger partial charge in [-0.05, 0) is 109 Å². The Bertz CT molecular complexity index is 1730. The van der Waals surface area contributed by atoms with E-state index in [1.165, 1.54) is 41.5 Å². The number of hydrogen-bond acceptors (Lipinski definition) is 8. The zero-order valence-corrected chi connectivity index (χ0v) is 36.0. The predicted octanol–water partition coefficient (Wildman–Crippen LogP) is 7.64. The molecule has 1 aliphatic carbocycles. The average Bonchev–Trinajstić information content (AvgIpc) is 3.21. The van der Waals surface area contributed by atoms with Crippen molar-refractivity contribution in [3.05, 3.63) is 149 Å². The van der Waals surface area contributed by atoms with Crippen molar-refractivity contribution in [1.29, 1.82) is 0 Å². The van der Waals surface area contributed by atoms with E-state index in [-0.39, 0.29) is 42.3 Å². The molecule has 3 atom stereocenters. The van der Waals surface area contributed by atoms with E-state index in [0.717, 1.165) is 17.5 Å². The number of carbonyl (C=O) groups excluding carboxylic acids is 4. The summed E-state index contributed by atoms with van der Waals surface area (Å²) in [7, 11) is 3.74. The van der Waals surface area contributed by atoms with Crippen LogP contribution in [0, 0.1) is 0 Å². The molecule has 1 fully saturated rings. The summed E-state index contributed by atoms with van der Waals surface area (Å²) in [4.78, 5) is 42.6. The zero-order chi connectivity index (χ0) is 43.7. The number of aliphatic hydroxyl groups excluding tert-OH is 1. The highest BCUT2D eigenvalue weighted by Crippen LogP contribution is 2.36. The first-order valence-corrected chi connectivity index (χ1v) is 20.1. The minimum absolute atomic E-state index is 0.0291. The number of rotatable bonds is 14. The normalized spacial score (nSPS) is 13.3. The molecule has 11 nitrogen and oxygen atoms in total. The number of amides is 3. The molecule has 2 unspecified atom stereocenters. The van der Waals surface area contributed by atoms with Gasteiger partial charge in [0.2, 0.25) is 12.3 Å². The zero-order valence-electron chi connectivity index (χ0n) is 36.0. The van der Waals surface area contributed by atoms with E-state index in [9.17, 15) is 19.2 Å². The molecule has 5 rings (SSSR count). The van der Waals surface area contributed by atoms with Gasteiger partial charge >= 0.3 is 6.09 Å². The number of benzene rings is 4. The number of likely N-dealkylation sites (N-methyl/N-ethyl adjacent to an activating group) is 1. The third-order valence-electron chi connectivity index (χ3n) is 9.25. The number of aldehydes is 1. The molecule has 0 bridgehead atoms. The molecule has 3 amide bonds. The van der Waals surface area contributed by atoms with Crippen molar-refractivity contribution >= 4 is 30.4 Å². The first-order valence-electron chi connectivity index (χ1n) is 20.1. The highest BCUT2D eigenvalue weighted by atomic mass is 16.6. The Hall–Kier alpha value is -5.62. The molecule has 4 aromatic rings. The minimum atomic E-state index is -0.423. The van der Waals surface area contributed by atoms with Gasteiger partial charge in [0, 0.05) is 24.2 Å². The smallest absolute Gasteiger partial charge is 0.408 e. The van der Waals surface area contributed by atoms with Gasteiger partial charge in [0.25, 0.3) is 0 Å². The van der Waals surface area contributed by atoms with Gasteiger partial charge in [-0.3, -0.25) is 9.59 Å². The van der Waals surface area contributed by atoms with Gasteiger partial charge in [0.15, 0.2) is 0 Å². The van der Waals surface area contributed by atoms with Gasteiger partial charge in [-0.25, -0.2) is 4.79 Å². The highest BCUT2D eigenvalue weighted by molar-refractivity contribution is 5.81. The minimum Gasteiger partial charge on any atom is -0.444 e. The monoisotopic (exact) mass is 807 g/mol. The first kappa shape index (κ1) is 49.5. The van der Waals surface area contributed by atoms with E-state index in [0.29, 0.717) is 12.8 Å². The highest BCUT2D eigenvalue weighted by Gasteiger charge is 2.34. The summed E-state index contributed by atoms with van der Waals surface area (Å²) in [6.45, 7) is 11.2. The quantitative estimate of drug-likeness (QED) is 0.0431. The number of aliphatic hydroxyl groups is 1. The van der Waals surface area contributed by atoms with Crippen LogP contribution in [0.4, 0.5) is 10.5 Å². The van der Waals surface area contributed by atoms with Crippen molar-refractivity contribution in [2.24, 2.45) is 0 Å². The summed E-state index contributed by atoms with van der Waals surface area (Å²) in [6.07, 6.45) is 7.20. The summed E-state index contributed by atoms with van der Waals surface area (Å²) < 4.78 is 5.16. The maximum Gasteiger partial charge on any atom is 0.408 e. The molecule has 0 saturated heterocycles. The van der Waals surface area contributed by atoms with Crippen molar-refractivity contribution in [2.75, 3.05) is 19.4 Å². The number of allylic oxidation sites excluding steroid dienone is 1. The summed E-state index contributed by atoms with van der Waals surface area (Å²) in [5.41, 5.74) is 5.98. The number of nitrogens with one attached hydrogen (secondary N) is 5. The molecule has 11 heteroatoms. The second-order valence-electron chi connectivity index (χ2n) is 15.2. The largest absolute Gasteiger partial charge is 0.444 e. The van der Waals surface area contributed by atoms with E-state index in [1.54, 1.807) is 45.2 Å². The van der Waals surface area contributed by atoms with Crippen LogP contribution in [0.1, 0.15) is 89.5 Å². The van der Waals surface area contributed by atoms with Gasteiger partial charge in [0.05, 0.1) is 18.2 Å². The Labute approximate surface area is 351 Å². The maximum absolute atomic E-state index is 11.4. The van der Waals surface area contributed by atoms with Crippen LogP contribution in [0.5, 0.6) is 0 Å². The van der Waals surface area contributed by atoms with Crippen molar-refractivity contribution in [1.82, 2.24) is 21.3 Å². The molecular formula is C48H65N5O6. The maximum atomic E-state index is 11.4. The van der Waals surface area contributed by atoms with Crippen LogP contribution in [0.3, 0.4) is 0 Å². The molecule has 1 saturated carbocycles. The molecule has 4 aromatic carbocycles. The van der Waals surface area contributed by atoms with Crippen molar-refractivity contribution < 1.29 is 29.0 Å². The van der Waals surface area contributed by atoms with Crippen LogP contribution in [0.15, 0.2) is 127 Å². The third kappa shape index (κ3) is 17.8. The first-order chi connectivity index (χ1) is 28.2. The summed E-state index contributed by atoms with van der Waals surface area (Å²) in [5.74, 6) is -0.0770. The van der Waals surface area contributed by atoms with Gasteiger partial charge in [0.1, 0.15) is 11.9 Å². The molecule has 318 valence electrons. The van der Waals surface area contributed by atoms with Gasteiger partial charge in [-0.1, -0.05) is 115 Å². The fourth-order valence-electron chi connectivity index (χ4n) is 5.91. The van der Waals surface area contributed by atoms with Crippen LogP contribution in [0.25, 0.3) is 0 Å². The van der Waals surface area contributed by atoms with Gasteiger partial charge in [-0.2, -0.15) is 0 Å². The van der Waals surface area contributed by atoms with Crippen LogP contribution in [-0.4, -0.2) is 67.6 Å². The van der Waals surface area contributed by atoms with Crippen molar-refractivity contribution in [3.63, 3.8) is 0 Å². The molecular weight excluding hydrogens is 743 g/mol. The van der Waals surface area contributed by atoms with E-state index < -0.39 is 5.60 Å². The Morgan fingerprint density at radius 2 is 1.24 bits per heavy atom. The molecule has 0 aliphatic heterocycles. The topological polar surface area (TPSA) is 158 Å². The van der Waals surface area contributed by atoms with Crippen LogP contribution in [-0.2, 0) is 31.3 Å². The molecule has 0 radical (unpaired) electrons. The van der Waals surface area contributed by atoms with Crippen molar-refractivity contribution in [3.8, 4) is 0 Å². The lowest BCUT2D eigenvalue weighted by Gasteiger charge is -2.35. The standard InChI is InChI=1S/C20H19N.C12H21NO2.C8H16N2O2.C8H9NO2/c1-21-20(17-11-5-2-6-12-17,18-13-7-3-8-14-18)19-15-9-4-10-16-19;1-9(8-10-6-5-7-10)13-11(14)15-12(2,3)4;1-6(4-5-11)10-8(12)7(2)9-3;10-5-7-1-3-8(4-2-7)9-6-11/h2-16,21H,1H3;8-9H,5-7H2,1-4H3,(H,13,14);5-7,9H,4H2,1-3H3,(H,10,12);1-4,6,10H,5H2,(H,9,11)/t;;6?,7-;/m..0./s1. The lowest BCUT2D eigenvalue weighted by atomic mass is 9.77.